The summed E-state index contributed by atoms with van der Waals surface area (Å²) in [6.45, 7) is 3.40. The molecule has 0 saturated heterocycles. The number of amides is 1. The first-order valence-corrected chi connectivity index (χ1v) is 8.29. The molecule has 9 heteroatoms. The van der Waals surface area contributed by atoms with Gasteiger partial charge in [-0.3, -0.25) is 10.0 Å². The minimum atomic E-state index is -3.74. The van der Waals surface area contributed by atoms with Gasteiger partial charge in [-0.15, -0.1) is 0 Å². The molecule has 0 aliphatic rings. The largest absolute Gasteiger partial charge is 0.337 e. The van der Waals surface area contributed by atoms with Crippen LogP contribution in [-0.2, 0) is 17.1 Å². The minimum Gasteiger partial charge on any atom is -0.337 e. The van der Waals surface area contributed by atoms with Gasteiger partial charge in [0.15, 0.2) is 5.03 Å². The topological polar surface area (TPSA) is 113 Å². The van der Waals surface area contributed by atoms with Crippen molar-refractivity contribution in [3.63, 3.8) is 0 Å². The van der Waals surface area contributed by atoms with E-state index in [1.165, 1.54) is 23.8 Å². The molecular weight excluding hydrogens is 320 g/mol. The monoisotopic (exact) mass is 338 g/mol. The Labute approximate surface area is 134 Å². The van der Waals surface area contributed by atoms with E-state index in [9.17, 15) is 13.2 Å². The zero-order valence-electron chi connectivity index (χ0n) is 12.9. The highest BCUT2D eigenvalue weighted by molar-refractivity contribution is 7.89. The van der Waals surface area contributed by atoms with Crippen LogP contribution < -0.4 is 10.2 Å². The first kappa shape index (κ1) is 17.1. The van der Waals surface area contributed by atoms with Gasteiger partial charge in [-0.25, -0.2) is 23.6 Å². The van der Waals surface area contributed by atoms with Crippen LogP contribution in [-0.4, -0.2) is 29.1 Å². The fraction of sp³-hybridized carbons (Fsp3) is 0.286. The average molecular weight is 338 g/mol. The van der Waals surface area contributed by atoms with Gasteiger partial charge in [0.05, 0.1) is 0 Å². The van der Waals surface area contributed by atoms with Gasteiger partial charge in [0.2, 0.25) is 0 Å². The van der Waals surface area contributed by atoms with Gasteiger partial charge >= 0.3 is 0 Å². The highest BCUT2D eigenvalue weighted by Gasteiger charge is 2.21. The van der Waals surface area contributed by atoms with E-state index in [0.29, 0.717) is 11.4 Å². The van der Waals surface area contributed by atoms with Crippen LogP contribution in [0.2, 0.25) is 0 Å². The van der Waals surface area contributed by atoms with Crippen LogP contribution in [0, 0.1) is 6.92 Å². The molecule has 2 rings (SSSR count). The van der Waals surface area contributed by atoms with Crippen LogP contribution in [0.4, 0.5) is 0 Å². The maximum atomic E-state index is 12.3. The van der Waals surface area contributed by atoms with Crippen molar-refractivity contribution in [1.82, 2.24) is 19.8 Å². The molecule has 0 fully saturated rings. The van der Waals surface area contributed by atoms with E-state index in [-0.39, 0.29) is 10.6 Å². The van der Waals surface area contributed by atoms with Crippen molar-refractivity contribution in [2.45, 2.75) is 24.9 Å². The summed E-state index contributed by atoms with van der Waals surface area (Å²) in [6, 6.07) is 5.71. The minimum absolute atomic E-state index is 0.0411. The third-order valence-corrected chi connectivity index (χ3v) is 4.88. The van der Waals surface area contributed by atoms with Gasteiger partial charge in [-0.2, -0.15) is 0 Å². The summed E-state index contributed by atoms with van der Waals surface area (Å²) in [6.07, 6.45) is 1.44. The zero-order valence-corrected chi connectivity index (χ0v) is 13.8. The Kier molecular flexibility index (Phi) is 4.83. The highest BCUT2D eigenvalue weighted by Crippen LogP contribution is 2.17. The predicted octanol–water partition coefficient (Wildman–Crippen LogP) is 0.887. The molecule has 1 unspecified atom stereocenters. The Bertz CT molecular complexity index is 792. The van der Waals surface area contributed by atoms with E-state index in [1.54, 1.807) is 37.6 Å². The number of nitrogens with zero attached hydrogens (tertiary/aromatic N) is 2. The maximum absolute atomic E-state index is 12.3. The van der Waals surface area contributed by atoms with Crippen molar-refractivity contribution >= 4 is 15.9 Å². The summed E-state index contributed by atoms with van der Waals surface area (Å²) in [4.78, 5) is 15.3. The molecule has 1 heterocycles. The number of carbonyl (C=O) groups is 1. The lowest BCUT2D eigenvalue weighted by Gasteiger charge is -2.14. The van der Waals surface area contributed by atoms with Gasteiger partial charge < -0.3 is 4.57 Å². The third kappa shape index (κ3) is 3.76. The second-order valence-corrected chi connectivity index (χ2v) is 6.80. The molecule has 0 spiro atoms. The number of hydrogen-bond acceptors (Lipinski definition) is 5. The number of imidazole rings is 1. The fourth-order valence-electron chi connectivity index (χ4n) is 2.00. The lowest BCUT2D eigenvalue weighted by Crippen LogP contribution is -2.27. The van der Waals surface area contributed by atoms with E-state index < -0.39 is 22.0 Å². The van der Waals surface area contributed by atoms with E-state index in [0.717, 1.165) is 0 Å². The van der Waals surface area contributed by atoms with Crippen molar-refractivity contribution < 1.29 is 18.4 Å². The molecule has 1 atom stereocenters. The number of aromatic nitrogens is 2. The number of carbonyl (C=O) groups excluding carboxylic acids is 1. The predicted molar refractivity (Wildman–Crippen MR) is 82.4 cm³/mol. The Balaban J connectivity index is 2.17. The van der Waals surface area contributed by atoms with Crippen LogP contribution in [0.3, 0.4) is 0 Å². The molecule has 0 aliphatic heterocycles. The quantitative estimate of drug-likeness (QED) is 0.553. The molecule has 23 heavy (non-hydrogen) atoms. The summed E-state index contributed by atoms with van der Waals surface area (Å²) in [5.41, 5.74) is 2.48. The van der Waals surface area contributed by atoms with Crippen LogP contribution in [0.25, 0.3) is 0 Å². The summed E-state index contributed by atoms with van der Waals surface area (Å²) in [7, 11) is -2.02. The molecule has 1 amide bonds. The lowest BCUT2D eigenvalue weighted by atomic mass is 10.1. The second-order valence-electron chi connectivity index (χ2n) is 5.14. The Morgan fingerprint density at radius 2 is 1.91 bits per heavy atom. The Hall–Kier alpha value is -2.23. The smallest absolute Gasteiger partial charge is 0.274 e. The van der Waals surface area contributed by atoms with Crippen LogP contribution in [0.1, 0.15) is 34.7 Å². The van der Waals surface area contributed by atoms with Crippen molar-refractivity contribution in [2.75, 3.05) is 0 Å². The van der Waals surface area contributed by atoms with Gasteiger partial charge in [-0.1, -0.05) is 12.1 Å². The SMILES string of the molecule is Cc1nc(S(=O)(=O)NC(C)c2ccc(C(=O)NO)cc2)cn1C. The highest BCUT2D eigenvalue weighted by atomic mass is 32.2. The molecule has 0 saturated carbocycles. The average Bonchev–Trinajstić information content (AvgIpc) is 2.86. The molecule has 8 nitrogen and oxygen atoms in total. The fourth-order valence-corrected chi connectivity index (χ4v) is 3.28. The first-order chi connectivity index (χ1) is 10.7. The van der Waals surface area contributed by atoms with E-state index in [2.05, 4.69) is 9.71 Å². The summed E-state index contributed by atoms with van der Waals surface area (Å²) in [5, 5.41) is 8.53. The first-order valence-electron chi connectivity index (χ1n) is 6.81. The summed E-state index contributed by atoms with van der Waals surface area (Å²) >= 11 is 0. The molecule has 0 bridgehead atoms. The number of benzene rings is 1. The molecule has 0 radical (unpaired) electrons. The molecular formula is C14H18N4O4S. The molecule has 124 valence electrons. The molecule has 1 aromatic heterocycles. The number of rotatable bonds is 5. The van der Waals surface area contributed by atoms with Crippen molar-refractivity contribution in [2.24, 2.45) is 7.05 Å². The Morgan fingerprint density at radius 1 is 1.30 bits per heavy atom. The zero-order chi connectivity index (χ0) is 17.2. The van der Waals surface area contributed by atoms with Gasteiger partial charge in [0.25, 0.3) is 15.9 Å². The van der Waals surface area contributed by atoms with Crippen molar-refractivity contribution in [3.05, 3.63) is 47.4 Å². The van der Waals surface area contributed by atoms with E-state index in [4.69, 9.17) is 5.21 Å². The van der Waals surface area contributed by atoms with Crippen LogP contribution in [0.5, 0.6) is 0 Å². The van der Waals surface area contributed by atoms with Gasteiger partial charge in [-0.05, 0) is 31.5 Å². The number of sulfonamides is 1. The maximum Gasteiger partial charge on any atom is 0.274 e. The number of aryl methyl sites for hydroxylation is 2. The summed E-state index contributed by atoms with van der Waals surface area (Å²) in [5.74, 6) is -0.0360. The normalized spacial score (nSPS) is 12.9. The van der Waals surface area contributed by atoms with Crippen molar-refractivity contribution in [3.8, 4) is 0 Å². The molecule has 1 aromatic carbocycles. The van der Waals surface area contributed by atoms with Gasteiger partial charge in [0.1, 0.15) is 5.82 Å². The van der Waals surface area contributed by atoms with E-state index in [1.807, 2.05) is 0 Å². The summed E-state index contributed by atoms with van der Waals surface area (Å²) < 4.78 is 28.8. The van der Waals surface area contributed by atoms with Gasteiger partial charge in [0, 0.05) is 24.8 Å². The number of hydrogen-bond donors (Lipinski definition) is 3. The van der Waals surface area contributed by atoms with Crippen LogP contribution in [0.15, 0.2) is 35.5 Å². The number of nitrogens with one attached hydrogen (secondary N) is 2. The Morgan fingerprint density at radius 3 is 2.39 bits per heavy atom. The van der Waals surface area contributed by atoms with Crippen LogP contribution >= 0.6 is 0 Å². The van der Waals surface area contributed by atoms with E-state index >= 15 is 0 Å². The third-order valence-electron chi connectivity index (χ3n) is 3.47. The molecule has 3 N–H and O–H groups in total. The molecule has 2 aromatic rings. The standard InChI is InChI=1S/C14H18N4O4S/c1-9(11-4-6-12(7-5-11)14(19)16-20)17-23(21,22)13-8-18(3)10(2)15-13/h4-9,17,20H,1-3H3,(H,16,19). The number of hydroxylamine groups is 1. The lowest BCUT2D eigenvalue weighted by molar-refractivity contribution is 0.0706. The molecule has 0 aliphatic carbocycles. The second kappa shape index (κ2) is 6.49. The van der Waals surface area contributed by atoms with Crippen molar-refractivity contribution in [1.29, 1.82) is 0 Å².